The maximum atomic E-state index is 12.9. The molecule has 2 rings (SSSR count). The summed E-state index contributed by atoms with van der Waals surface area (Å²) in [6.07, 6.45) is -5.58. The van der Waals surface area contributed by atoms with Crippen LogP contribution in [0, 0.1) is 11.3 Å². The van der Waals surface area contributed by atoms with Crippen molar-refractivity contribution in [3.63, 3.8) is 0 Å². The van der Waals surface area contributed by atoms with Gasteiger partial charge in [-0.25, -0.2) is 0 Å². The maximum absolute atomic E-state index is 12.9. The van der Waals surface area contributed by atoms with E-state index in [-0.39, 0.29) is 5.69 Å². The number of hydrogen-bond acceptors (Lipinski definition) is 3. The minimum Gasteiger partial charge on any atom is -0.481 e. The first-order chi connectivity index (χ1) is 11.3. The van der Waals surface area contributed by atoms with Gasteiger partial charge in [-0.15, -0.1) is 0 Å². The van der Waals surface area contributed by atoms with Gasteiger partial charge in [0.25, 0.3) is 5.91 Å². The summed E-state index contributed by atoms with van der Waals surface area (Å²) in [4.78, 5) is 12.1. The lowest BCUT2D eigenvalue weighted by Gasteiger charge is -2.17. The second-order valence-corrected chi connectivity index (χ2v) is 4.93. The van der Waals surface area contributed by atoms with Crippen molar-refractivity contribution in [2.24, 2.45) is 0 Å². The predicted molar refractivity (Wildman–Crippen MR) is 81.3 cm³/mol. The van der Waals surface area contributed by atoms with Gasteiger partial charge in [-0.05, 0) is 43.3 Å². The summed E-state index contributed by atoms with van der Waals surface area (Å²) in [7, 11) is 0. The molecule has 2 aromatic carbocycles. The summed E-state index contributed by atoms with van der Waals surface area (Å²) in [5.74, 6) is -0.378. The van der Waals surface area contributed by atoms with Crippen molar-refractivity contribution >= 4 is 11.6 Å². The second-order valence-electron chi connectivity index (χ2n) is 4.93. The van der Waals surface area contributed by atoms with Crippen LogP contribution in [-0.4, -0.2) is 12.0 Å². The van der Waals surface area contributed by atoms with E-state index in [1.165, 1.54) is 49.4 Å². The molecule has 0 heterocycles. The number of nitrogens with one attached hydrogen (secondary N) is 1. The first-order valence-corrected chi connectivity index (χ1v) is 6.95. The molecule has 0 aliphatic rings. The first-order valence-electron chi connectivity index (χ1n) is 6.95. The quantitative estimate of drug-likeness (QED) is 0.920. The number of nitrogens with zero attached hydrogens (tertiary/aromatic N) is 1. The van der Waals surface area contributed by atoms with E-state index >= 15 is 0 Å². The molecule has 0 fully saturated rings. The number of carbonyl (C=O) groups is 1. The van der Waals surface area contributed by atoms with Crippen LogP contribution in [0.15, 0.2) is 48.5 Å². The molecule has 1 atom stereocenters. The molecule has 0 unspecified atom stereocenters. The standard InChI is InChI=1S/C17H13F3N2O2/c1-11(24-13-8-6-12(10-21)7-9-13)16(23)22-15-5-3-2-4-14(15)17(18,19)20/h2-9,11H,1H3,(H,22,23)/t11-/m0/s1. The van der Waals surface area contributed by atoms with Crippen LogP contribution in [0.1, 0.15) is 18.1 Å². The zero-order valence-corrected chi connectivity index (χ0v) is 12.6. The van der Waals surface area contributed by atoms with Gasteiger partial charge in [0.2, 0.25) is 0 Å². The molecule has 0 saturated carbocycles. The van der Waals surface area contributed by atoms with Crippen LogP contribution in [-0.2, 0) is 11.0 Å². The number of halogens is 3. The Labute approximate surface area is 136 Å². The fourth-order valence-corrected chi connectivity index (χ4v) is 1.94. The zero-order chi connectivity index (χ0) is 17.7. The number of rotatable bonds is 4. The molecular weight excluding hydrogens is 321 g/mol. The highest BCUT2D eigenvalue weighted by atomic mass is 19.4. The number of ether oxygens (including phenoxy) is 1. The molecule has 0 spiro atoms. The molecule has 7 heteroatoms. The number of anilines is 1. The topological polar surface area (TPSA) is 62.1 Å². The molecule has 0 saturated heterocycles. The summed E-state index contributed by atoms with van der Waals surface area (Å²) in [6, 6.07) is 12.7. The fourth-order valence-electron chi connectivity index (χ4n) is 1.94. The Morgan fingerprint density at radius 3 is 2.38 bits per heavy atom. The fraction of sp³-hybridized carbons (Fsp3) is 0.176. The van der Waals surface area contributed by atoms with Gasteiger partial charge >= 0.3 is 6.18 Å². The summed E-state index contributed by atoms with van der Waals surface area (Å²) in [6.45, 7) is 1.42. The van der Waals surface area contributed by atoms with E-state index in [4.69, 9.17) is 10.00 Å². The first kappa shape index (κ1) is 17.3. The van der Waals surface area contributed by atoms with Crippen molar-refractivity contribution in [3.05, 3.63) is 59.7 Å². The SMILES string of the molecule is C[C@H](Oc1ccc(C#N)cc1)C(=O)Nc1ccccc1C(F)(F)F. The third kappa shape index (κ3) is 4.26. The predicted octanol–water partition coefficient (Wildman–Crippen LogP) is 3.98. The summed E-state index contributed by atoms with van der Waals surface area (Å²) < 4.78 is 44.1. The average Bonchev–Trinajstić information content (AvgIpc) is 2.55. The molecule has 124 valence electrons. The molecule has 0 aliphatic carbocycles. The Kier molecular flexibility index (Phi) is 5.09. The highest BCUT2D eigenvalue weighted by Gasteiger charge is 2.33. The number of nitriles is 1. The summed E-state index contributed by atoms with van der Waals surface area (Å²) in [5.41, 5.74) is -0.826. The van der Waals surface area contributed by atoms with E-state index < -0.39 is 23.8 Å². The smallest absolute Gasteiger partial charge is 0.418 e. The van der Waals surface area contributed by atoms with Crippen LogP contribution < -0.4 is 10.1 Å². The Balaban J connectivity index is 2.08. The molecule has 1 N–H and O–H groups in total. The number of hydrogen-bond donors (Lipinski definition) is 1. The molecule has 0 aliphatic heterocycles. The van der Waals surface area contributed by atoms with Gasteiger partial charge in [0.05, 0.1) is 22.9 Å². The normalized spacial score (nSPS) is 12.1. The van der Waals surface area contributed by atoms with Crippen molar-refractivity contribution < 1.29 is 22.7 Å². The van der Waals surface area contributed by atoms with E-state index in [0.29, 0.717) is 11.3 Å². The number of alkyl halides is 3. The highest BCUT2D eigenvalue weighted by Crippen LogP contribution is 2.34. The van der Waals surface area contributed by atoms with Crippen LogP contribution in [0.5, 0.6) is 5.75 Å². The number of para-hydroxylation sites is 1. The summed E-state index contributed by atoms with van der Waals surface area (Å²) >= 11 is 0. The van der Waals surface area contributed by atoms with Crippen LogP contribution in [0.4, 0.5) is 18.9 Å². The molecule has 4 nitrogen and oxygen atoms in total. The zero-order valence-electron chi connectivity index (χ0n) is 12.6. The molecule has 1 amide bonds. The molecule has 0 aromatic heterocycles. The van der Waals surface area contributed by atoms with E-state index in [0.717, 1.165) is 6.07 Å². The van der Waals surface area contributed by atoms with Crippen molar-refractivity contribution in [2.45, 2.75) is 19.2 Å². The van der Waals surface area contributed by atoms with Crippen LogP contribution >= 0.6 is 0 Å². The van der Waals surface area contributed by atoms with Crippen LogP contribution in [0.25, 0.3) is 0 Å². The Morgan fingerprint density at radius 1 is 1.17 bits per heavy atom. The maximum Gasteiger partial charge on any atom is 0.418 e. The molecule has 0 radical (unpaired) electrons. The van der Waals surface area contributed by atoms with Gasteiger partial charge in [0.15, 0.2) is 6.10 Å². The average molecular weight is 334 g/mol. The van der Waals surface area contributed by atoms with Gasteiger partial charge < -0.3 is 10.1 Å². The van der Waals surface area contributed by atoms with E-state index in [1.54, 1.807) is 0 Å². The highest BCUT2D eigenvalue weighted by molar-refractivity contribution is 5.94. The van der Waals surface area contributed by atoms with E-state index in [9.17, 15) is 18.0 Å². The van der Waals surface area contributed by atoms with Crippen molar-refractivity contribution in [2.75, 3.05) is 5.32 Å². The molecule has 2 aromatic rings. The van der Waals surface area contributed by atoms with Crippen LogP contribution in [0.3, 0.4) is 0 Å². The molecule has 24 heavy (non-hydrogen) atoms. The minimum atomic E-state index is -4.57. The third-order valence-corrected chi connectivity index (χ3v) is 3.16. The van der Waals surface area contributed by atoms with Gasteiger partial charge in [0, 0.05) is 0 Å². The lowest BCUT2D eigenvalue weighted by atomic mass is 10.1. The molecular formula is C17H13F3N2O2. The summed E-state index contributed by atoms with van der Waals surface area (Å²) in [5, 5.41) is 10.9. The Morgan fingerprint density at radius 2 is 1.79 bits per heavy atom. The van der Waals surface area contributed by atoms with Crippen molar-refractivity contribution in [1.82, 2.24) is 0 Å². The lowest BCUT2D eigenvalue weighted by molar-refractivity contribution is -0.137. The lowest BCUT2D eigenvalue weighted by Crippen LogP contribution is -2.31. The van der Waals surface area contributed by atoms with Gasteiger partial charge in [-0.2, -0.15) is 18.4 Å². The number of amides is 1. The minimum absolute atomic E-state index is 0.328. The van der Waals surface area contributed by atoms with Gasteiger partial charge in [0.1, 0.15) is 5.75 Å². The van der Waals surface area contributed by atoms with Gasteiger partial charge in [-0.3, -0.25) is 4.79 Å². The third-order valence-electron chi connectivity index (χ3n) is 3.16. The number of benzene rings is 2. The largest absolute Gasteiger partial charge is 0.481 e. The van der Waals surface area contributed by atoms with E-state index in [1.807, 2.05) is 6.07 Å². The second kappa shape index (κ2) is 7.04. The molecule has 0 bridgehead atoms. The Hall–Kier alpha value is -3.01. The number of carbonyl (C=O) groups excluding carboxylic acids is 1. The van der Waals surface area contributed by atoms with E-state index in [2.05, 4.69) is 5.32 Å². The van der Waals surface area contributed by atoms with Crippen molar-refractivity contribution in [1.29, 1.82) is 5.26 Å². The van der Waals surface area contributed by atoms with Crippen LogP contribution in [0.2, 0.25) is 0 Å². The van der Waals surface area contributed by atoms with Crippen molar-refractivity contribution in [3.8, 4) is 11.8 Å². The monoisotopic (exact) mass is 334 g/mol. The Bertz CT molecular complexity index is 765. The van der Waals surface area contributed by atoms with Gasteiger partial charge in [-0.1, -0.05) is 12.1 Å².